The number of piperidine rings is 1. The fourth-order valence-corrected chi connectivity index (χ4v) is 3.59. The highest BCUT2D eigenvalue weighted by Crippen LogP contribution is 2.26. The molecule has 0 unspecified atom stereocenters. The predicted molar refractivity (Wildman–Crippen MR) is 111 cm³/mol. The average Bonchev–Trinajstić information content (AvgIpc) is 2.73. The van der Waals surface area contributed by atoms with Crippen LogP contribution in [0.3, 0.4) is 0 Å². The smallest absolute Gasteiger partial charge is 0.310 e. The molecule has 3 heterocycles. The van der Waals surface area contributed by atoms with Crippen molar-refractivity contribution < 1.29 is 14.3 Å². The van der Waals surface area contributed by atoms with Gasteiger partial charge in [-0.3, -0.25) is 18.8 Å². The average molecular weight is 409 g/mol. The fraction of sp³-hybridized carbons (Fsp3) is 0.381. The summed E-state index contributed by atoms with van der Waals surface area (Å²) in [5.41, 5.74) is 5.84. The van der Waals surface area contributed by atoms with Gasteiger partial charge in [-0.2, -0.15) is 5.26 Å². The van der Waals surface area contributed by atoms with Crippen LogP contribution < -0.4 is 16.2 Å². The number of nitrogens with zero attached hydrogens (tertiary/aromatic N) is 4. The molecule has 1 aliphatic heterocycles. The normalized spacial score (nSPS) is 16.9. The van der Waals surface area contributed by atoms with Crippen molar-refractivity contribution in [2.45, 2.75) is 26.7 Å². The van der Waals surface area contributed by atoms with Gasteiger partial charge in [0.2, 0.25) is 0 Å². The Bertz CT molecular complexity index is 1130. The van der Waals surface area contributed by atoms with E-state index < -0.39 is 11.5 Å². The summed E-state index contributed by atoms with van der Waals surface area (Å²) in [6.45, 7) is 4.78. The minimum Gasteiger partial charge on any atom is -0.466 e. The summed E-state index contributed by atoms with van der Waals surface area (Å²) in [7, 11) is 0. The van der Waals surface area contributed by atoms with Gasteiger partial charge >= 0.3 is 5.97 Å². The Labute approximate surface area is 173 Å². The van der Waals surface area contributed by atoms with Gasteiger partial charge in [-0.1, -0.05) is 6.07 Å². The molecule has 2 N–H and O–H groups in total. The monoisotopic (exact) mass is 409 g/mol. The highest BCUT2D eigenvalue weighted by atomic mass is 16.5. The van der Waals surface area contributed by atoms with Gasteiger partial charge in [-0.25, -0.2) is 4.98 Å². The van der Waals surface area contributed by atoms with E-state index in [-0.39, 0.29) is 23.0 Å². The maximum Gasteiger partial charge on any atom is 0.310 e. The number of hydrogen-bond donors (Lipinski definition) is 1. The summed E-state index contributed by atoms with van der Waals surface area (Å²) in [5, 5.41) is 9.26. The van der Waals surface area contributed by atoms with E-state index in [1.54, 1.807) is 25.3 Å². The number of rotatable bonds is 5. The number of pyridine rings is 1. The first kappa shape index (κ1) is 21.0. The van der Waals surface area contributed by atoms with E-state index in [0.29, 0.717) is 44.0 Å². The second-order valence-corrected chi connectivity index (χ2v) is 7.11. The lowest BCUT2D eigenvalue weighted by atomic mass is 9.97. The molecular formula is C21H23N5O4. The lowest BCUT2D eigenvalue weighted by Crippen LogP contribution is -2.41. The van der Waals surface area contributed by atoms with E-state index >= 15 is 0 Å². The zero-order valence-electron chi connectivity index (χ0n) is 16.9. The summed E-state index contributed by atoms with van der Waals surface area (Å²) in [4.78, 5) is 43.6. The molecule has 0 aliphatic carbocycles. The Kier molecular flexibility index (Phi) is 6.16. The van der Waals surface area contributed by atoms with Gasteiger partial charge in [0.25, 0.3) is 11.5 Å². The van der Waals surface area contributed by atoms with Gasteiger partial charge in [-0.05, 0) is 44.4 Å². The molecule has 1 fully saturated rings. The van der Waals surface area contributed by atoms with E-state index in [4.69, 9.17) is 10.5 Å². The van der Waals surface area contributed by atoms with Crippen molar-refractivity contribution in [2.75, 3.05) is 24.6 Å². The highest BCUT2D eigenvalue weighted by molar-refractivity contribution is 6.01. The molecule has 0 bridgehead atoms. The van der Waals surface area contributed by atoms with Crippen molar-refractivity contribution in [1.29, 1.82) is 5.26 Å². The molecule has 2 aromatic heterocycles. The van der Waals surface area contributed by atoms with Crippen LogP contribution >= 0.6 is 0 Å². The first-order valence-electron chi connectivity index (χ1n) is 9.72. The number of aryl methyl sites for hydroxylation is 1. The Morgan fingerprint density at radius 3 is 2.90 bits per heavy atom. The van der Waals surface area contributed by atoms with Crippen molar-refractivity contribution in [1.82, 2.24) is 9.38 Å². The van der Waals surface area contributed by atoms with Crippen molar-refractivity contribution in [3.63, 3.8) is 0 Å². The van der Waals surface area contributed by atoms with E-state index in [9.17, 15) is 19.6 Å². The van der Waals surface area contributed by atoms with Crippen molar-refractivity contribution in [2.24, 2.45) is 11.7 Å². The Balaban J connectivity index is 2.19. The molecule has 1 aliphatic rings. The topological polar surface area (TPSA) is 131 Å². The summed E-state index contributed by atoms with van der Waals surface area (Å²) in [6.07, 6.45) is 4.14. The van der Waals surface area contributed by atoms with Gasteiger partial charge in [0.05, 0.1) is 18.1 Å². The number of esters is 1. The second-order valence-electron chi connectivity index (χ2n) is 7.11. The molecule has 0 radical (unpaired) electrons. The molecule has 1 atom stereocenters. The minimum atomic E-state index is -0.930. The van der Waals surface area contributed by atoms with Crippen LogP contribution in [0.2, 0.25) is 0 Å². The standard InChI is InChI=1S/C21H23N5O4/c1-3-30-21(29)14-7-5-8-25(12-14)19-16(10-15(11-22)17(23)27)20(28)26-9-4-6-13(2)18(26)24-19/h4,6,9-10,14H,3,5,7-8,12H2,1-2H3,(H2,23,27)/b15-10+/t14-/m1/s1. The lowest BCUT2D eigenvalue weighted by Gasteiger charge is -2.33. The summed E-state index contributed by atoms with van der Waals surface area (Å²) in [5.74, 6) is -1.25. The van der Waals surface area contributed by atoms with Gasteiger partial charge in [0, 0.05) is 19.3 Å². The first-order chi connectivity index (χ1) is 14.4. The molecule has 0 aromatic carbocycles. The summed E-state index contributed by atoms with van der Waals surface area (Å²) >= 11 is 0. The SMILES string of the molecule is CCOC(=O)[C@@H]1CCCN(c2nc3c(C)cccn3c(=O)c2/C=C(\C#N)C(N)=O)C1. The maximum atomic E-state index is 13.2. The second kappa shape index (κ2) is 8.78. The van der Waals surface area contributed by atoms with Crippen molar-refractivity contribution in [3.8, 4) is 6.07 Å². The van der Waals surface area contributed by atoms with E-state index in [2.05, 4.69) is 4.98 Å². The molecular weight excluding hydrogens is 386 g/mol. The number of carbonyl (C=O) groups excluding carboxylic acids is 2. The predicted octanol–water partition coefficient (Wildman–Crippen LogP) is 1.17. The molecule has 1 saturated heterocycles. The van der Waals surface area contributed by atoms with Crippen LogP contribution in [0.1, 0.15) is 30.9 Å². The number of nitrogens with two attached hydrogens (primary N) is 1. The number of anilines is 1. The third kappa shape index (κ3) is 4.03. The zero-order chi connectivity index (χ0) is 21.8. The molecule has 2 aromatic rings. The van der Waals surface area contributed by atoms with Crippen molar-refractivity contribution in [3.05, 3.63) is 45.4 Å². The Hall–Kier alpha value is -3.67. The number of aromatic nitrogens is 2. The van der Waals surface area contributed by atoms with Crippen LogP contribution in [-0.2, 0) is 14.3 Å². The summed E-state index contributed by atoms with van der Waals surface area (Å²) < 4.78 is 6.52. The van der Waals surface area contributed by atoms with Crippen LogP contribution in [0.5, 0.6) is 0 Å². The number of amides is 1. The highest BCUT2D eigenvalue weighted by Gasteiger charge is 2.29. The van der Waals surface area contributed by atoms with Crippen LogP contribution in [0.15, 0.2) is 28.7 Å². The summed E-state index contributed by atoms with van der Waals surface area (Å²) in [6, 6.07) is 5.28. The van der Waals surface area contributed by atoms with Gasteiger partial charge in [-0.15, -0.1) is 0 Å². The Morgan fingerprint density at radius 1 is 1.47 bits per heavy atom. The van der Waals surface area contributed by atoms with Crippen LogP contribution in [0, 0.1) is 24.2 Å². The quantitative estimate of drug-likeness (QED) is 0.445. The number of carbonyl (C=O) groups is 2. The van der Waals surface area contributed by atoms with E-state index in [1.807, 2.05) is 17.9 Å². The van der Waals surface area contributed by atoms with Gasteiger partial charge < -0.3 is 15.4 Å². The largest absolute Gasteiger partial charge is 0.466 e. The first-order valence-corrected chi connectivity index (χ1v) is 9.72. The lowest BCUT2D eigenvalue weighted by molar-refractivity contribution is -0.148. The number of fused-ring (bicyclic) bond motifs is 1. The Morgan fingerprint density at radius 2 is 2.23 bits per heavy atom. The molecule has 9 nitrogen and oxygen atoms in total. The number of primary amides is 1. The van der Waals surface area contributed by atoms with Crippen molar-refractivity contribution >= 4 is 29.4 Å². The number of nitriles is 1. The fourth-order valence-electron chi connectivity index (χ4n) is 3.59. The zero-order valence-corrected chi connectivity index (χ0v) is 16.9. The number of ether oxygens (including phenoxy) is 1. The maximum absolute atomic E-state index is 13.2. The molecule has 30 heavy (non-hydrogen) atoms. The van der Waals surface area contributed by atoms with Crippen LogP contribution in [0.4, 0.5) is 5.82 Å². The van der Waals surface area contributed by atoms with E-state index in [0.717, 1.165) is 5.56 Å². The molecule has 156 valence electrons. The molecule has 0 spiro atoms. The minimum absolute atomic E-state index is 0.0814. The van der Waals surface area contributed by atoms with Gasteiger partial charge in [0.15, 0.2) is 0 Å². The molecule has 0 saturated carbocycles. The molecule has 3 rings (SSSR count). The third-order valence-electron chi connectivity index (χ3n) is 5.08. The van der Waals surface area contributed by atoms with E-state index in [1.165, 1.54) is 10.5 Å². The molecule has 1 amide bonds. The van der Waals surface area contributed by atoms with Crippen LogP contribution in [0.25, 0.3) is 11.7 Å². The molecule has 9 heteroatoms. The third-order valence-corrected chi connectivity index (χ3v) is 5.08. The van der Waals surface area contributed by atoms with Crippen LogP contribution in [-0.4, -0.2) is 41.0 Å². The number of hydrogen-bond acceptors (Lipinski definition) is 7. The van der Waals surface area contributed by atoms with Gasteiger partial charge in [0.1, 0.15) is 23.1 Å².